The van der Waals surface area contributed by atoms with Crippen LogP contribution in [0.5, 0.6) is 0 Å². The Labute approximate surface area is 175 Å². The van der Waals surface area contributed by atoms with E-state index in [2.05, 4.69) is 10.1 Å². The first-order chi connectivity index (χ1) is 14.6. The molecule has 164 valence electrons. The van der Waals surface area contributed by atoms with E-state index in [-0.39, 0.29) is 13.1 Å². The van der Waals surface area contributed by atoms with Gasteiger partial charge < -0.3 is 14.6 Å². The maximum atomic E-state index is 13.7. The van der Waals surface area contributed by atoms with Crippen molar-refractivity contribution in [1.82, 2.24) is 19.7 Å². The van der Waals surface area contributed by atoms with Crippen molar-refractivity contribution in [2.75, 3.05) is 13.7 Å². The Morgan fingerprint density at radius 1 is 1.26 bits per heavy atom. The van der Waals surface area contributed by atoms with E-state index in [1.165, 1.54) is 12.0 Å². The first kappa shape index (κ1) is 21.0. The van der Waals surface area contributed by atoms with Gasteiger partial charge in [0.1, 0.15) is 0 Å². The van der Waals surface area contributed by atoms with Gasteiger partial charge in [-0.25, -0.2) is 4.79 Å². The number of carbonyl (C=O) groups excluding carboxylic acids is 2. The average Bonchev–Trinajstić information content (AvgIpc) is 3.33. The van der Waals surface area contributed by atoms with Gasteiger partial charge in [0.15, 0.2) is 5.69 Å². The van der Waals surface area contributed by atoms with E-state index in [9.17, 15) is 22.8 Å². The Morgan fingerprint density at radius 3 is 2.65 bits per heavy atom. The Bertz CT molecular complexity index is 1180. The molecular formula is C21H21F3N4O3. The largest absolute Gasteiger partial charge is 0.465 e. The molecule has 4 rings (SSSR count). The number of aromatic amines is 1. The summed E-state index contributed by atoms with van der Waals surface area (Å²) in [7, 11) is 1.29. The van der Waals surface area contributed by atoms with E-state index >= 15 is 0 Å². The summed E-state index contributed by atoms with van der Waals surface area (Å²) in [5, 5.41) is 4.55. The minimum absolute atomic E-state index is 0.128. The van der Waals surface area contributed by atoms with Gasteiger partial charge in [0, 0.05) is 47.7 Å². The van der Waals surface area contributed by atoms with Crippen LogP contribution in [0.2, 0.25) is 0 Å². The summed E-state index contributed by atoms with van der Waals surface area (Å²) in [6.45, 7) is 3.55. The number of hydrogen-bond acceptors (Lipinski definition) is 4. The van der Waals surface area contributed by atoms with Crippen molar-refractivity contribution < 1.29 is 27.5 Å². The van der Waals surface area contributed by atoms with Crippen LogP contribution in [0, 0.1) is 0 Å². The van der Waals surface area contributed by atoms with Crippen LogP contribution in [-0.2, 0) is 23.9 Å². The van der Waals surface area contributed by atoms with Crippen molar-refractivity contribution in [3.63, 3.8) is 0 Å². The Balaban J connectivity index is 1.71. The van der Waals surface area contributed by atoms with Gasteiger partial charge in [0.05, 0.1) is 24.4 Å². The predicted molar refractivity (Wildman–Crippen MR) is 106 cm³/mol. The molecule has 3 heterocycles. The lowest BCUT2D eigenvalue weighted by molar-refractivity contribution is -0.145. The molecule has 0 spiro atoms. The number of carbonyl (C=O) groups is 2. The second-order valence-corrected chi connectivity index (χ2v) is 7.75. The maximum absolute atomic E-state index is 13.7. The number of rotatable bonds is 3. The molecular weight excluding hydrogens is 413 g/mol. The van der Waals surface area contributed by atoms with E-state index in [0.29, 0.717) is 12.0 Å². The SMILES string of the molecule is COC(=O)c1ccc2[nH]c3c(c2c1)CN(C(=O)c1cnn(C(C)C)c1C(F)(F)F)CC3. The van der Waals surface area contributed by atoms with Crippen LogP contribution in [0.4, 0.5) is 13.2 Å². The van der Waals surface area contributed by atoms with E-state index < -0.39 is 35.4 Å². The topological polar surface area (TPSA) is 80.2 Å². The maximum Gasteiger partial charge on any atom is 0.433 e. The number of esters is 1. The van der Waals surface area contributed by atoms with Gasteiger partial charge in [-0.15, -0.1) is 0 Å². The number of nitrogens with one attached hydrogen (secondary N) is 1. The normalized spacial score (nSPS) is 14.2. The Kier molecular flexibility index (Phi) is 5.03. The minimum atomic E-state index is -4.71. The molecule has 0 saturated heterocycles. The fourth-order valence-electron chi connectivity index (χ4n) is 4.00. The Hall–Kier alpha value is -3.30. The molecule has 0 bridgehead atoms. The molecule has 31 heavy (non-hydrogen) atoms. The number of nitrogens with zero attached hydrogens (tertiary/aromatic N) is 3. The molecule has 1 amide bonds. The number of amides is 1. The number of halogens is 3. The van der Waals surface area contributed by atoms with Crippen LogP contribution in [0.15, 0.2) is 24.4 Å². The molecule has 0 fully saturated rings. The smallest absolute Gasteiger partial charge is 0.433 e. The van der Waals surface area contributed by atoms with Crippen molar-refractivity contribution in [3.8, 4) is 0 Å². The van der Waals surface area contributed by atoms with Crippen molar-refractivity contribution in [3.05, 3.63) is 52.5 Å². The number of benzene rings is 1. The molecule has 0 saturated carbocycles. The molecule has 7 nitrogen and oxygen atoms in total. The zero-order valence-corrected chi connectivity index (χ0v) is 17.2. The highest BCUT2D eigenvalue weighted by molar-refractivity contribution is 5.98. The van der Waals surface area contributed by atoms with Crippen LogP contribution < -0.4 is 0 Å². The lowest BCUT2D eigenvalue weighted by Crippen LogP contribution is -2.36. The Morgan fingerprint density at radius 2 is 2.00 bits per heavy atom. The van der Waals surface area contributed by atoms with Crippen LogP contribution in [0.25, 0.3) is 10.9 Å². The van der Waals surface area contributed by atoms with E-state index in [1.807, 2.05) is 0 Å². The van der Waals surface area contributed by atoms with Gasteiger partial charge in [-0.05, 0) is 32.0 Å². The van der Waals surface area contributed by atoms with E-state index in [4.69, 9.17) is 4.74 Å². The third-order valence-corrected chi connectivity index (χ3v) is 5.47. The molecule has 0 atom stereocenters. The van der Waals surface area contributed by atoms with Crippen molar-refractivity contribution in [2.24, 2.45) is 0 Å². The molecule has 1 aliphatic rings. The molecule has 2 aromatic heterocycles. The number of H-pyrrole nitrogens is 1. The number of ether oxygens (including phenoxy) is 1. The second kappa shape index (κ2) is 7.44. The number of fused-ring (bicyclic) bond motifs is 3. The van der Waals surface area contributed by atoms with Gasteiger partial charge in [-0.3, -0.25) is 9.48 Å². The standard InChI is InChI=1S/C21H21F3N4O3/c1-11(2)28-18(21(22,23)24)14(9-25-28)19(29)27-7-6-17-15(10-27)13-8-12(20(30)31-3)4-5-16(13)26-17/h4-5,8-9,11,26H,6-7,10H2,1-3H3. The molecule has 1 N–H and O–H groups in total. The van der Waals surface area contributed by atoms with Crippen LogP contribution in [0.3, 0.4) is 0 Å². The van der Waals surface area contributed by atoms with Crippen LogP contribution in [-0.4, -0.2) is 45.2 Å². The summed E-state index contributed by atoms with van der Waals surface area (Å²) < 4.78 is 46.7. The quantitative estimate of drug-likeness (QED) is 0.633. The third kappa shape index (κ3) is 3.55. The van der Waals surface area contributed by atoms with Gasteiger partial charge in [0.2, 0.25) is 0 Å². The molecule has 0 radical (unpaired) electrons. The van der Waals surface area contributed by atoms with Gasteiger partial charge in [0.25, 0.3) is 5.91 Å². The molecule has 3 aromatic rings. The van der Waals surface area contributed by atoms with Crippen LogP contribution in [0.1, 0.15) is 57.6 Å². The zero-order chi connectivity index (χ0) is 22.5. The van der Waals surface area contributed by atoms with Crippen molar-refractivity contribution in [2.45, 2.75) is 39.0 Å². The molecule has 0 unspecified atom stereocenters. The van der Waals surface area contributed by atoms with Gasteiger partial charge >= 0.3 is 12.1 Å². The summed E-state index contributed by atoms with van der Waals surface area (Å²) in [5.74, 6) is -1.21. The molecule has 1 aromatic carbocycles. The van der Waals surface area contributed by atoms with Crippen molar-refractivity contribution >= 4 is 22.8 Å². The zero-order valence-electron chi connectivity index (χ0n) is 17.2. The highest BCUT2D eigenvalue weighted by atomic mass is 19.4. The van der Waals surface area contributed by atoms with Crippen LogP contribution >= 0.6 is 0 Å². The average molecular weight is 434 g/mol. The first-order valence-electron chi connectivity index (χ1n) is 9.77. The number of methoxy groups -OCH3 is 1. The summed E-state index contributed by atoms with van der Waals surface area (Å²) in [5.41, 5.74) is 1.33. The van der Waals surface area contributed by atoms with E-state index in [0.717, 1.165) is 33.0 Å². The second-order valence-electron chi connectivity index (χ2n) is 7.75. The third-order valence-electron chi connectivity index (χ3n) is 5.47. The summed E-state index contributed by atoms with van der Waals surface area (Å²) in [6, 6.07) is 4.51. The number of hydrogen-bond donors (Lipinski definition) is 1. The summed E-state index contributed by atoms with van der Waals surface area (Å²) in [4.78, 5) is 29.6. The summed E-state index contributed by atoms with van der Waals surface area (Å²) >= 11 is 0. The number of alkyl halides is 3. The lowest BCUT2D eigenvalue weighted by Gasteiger charge is -2.27. The fourth-order valence-corrected chi connectivity index (χ4v) is 4.00. The number of aromatic nitrogens is 3. The summed E-state index contributed by atoms with van der Waals surface area (Å²) in [6.07, 6.45) is -3.25. The molecule has 10 heteroatoms. The van der Waals surface area contributed by atoms with Crippen molar-refractivity contribution in [1.29, 1.82) is 0 Å². The van der Waals surface area contributed by atoms with Gasteiger partial charge in [-0.2, -0.15) is 18.3 Å². The highest BCUT2D eigenvalue weighted by Gasteiger charge is 2.42. The van der Waals surface area contributed by atoms with E-state index in [1.54, 1.807) is 32.0 Å². The van der Waals surface area contributed by atoms with Gasteiger partial charge in [-0.1, -0.05) is 0 Å². The molecule has 0 aliphatic carbocycles. The first-order valence-corrected chi connectivity index (χ1v) is 9.77. The lowest BCUT2D eigenvalue weighted by atomic mass is 10.0. The molecule has 1 aliphatic heterocycles. The predicted octanol–water partition coefficient (Wildman–Crippen LogP) is 3.95. The highest BCUT2D eigenvalue weighted by Crippen LogP contribution is 2.35. The fraction of sp³-hybridized carbons (Fsp3) is 0.381. The monoisotopic (exact) mass is 434 g/mol. The minimum Gasteiger partial charge on any atom is -0.465 e.